The lowest BCUT2D eigenvalue weighted by Crippen LogP contribution is -2.00. The zero-order valence-corrected chi connectivity index (χ0v) is 4.94. The predicted octanol–water partition coefficient (Wildman–Crippen LogP) is 0.940. The third-order valence-corrected chi connectivity index (χ3v) is 0.480. The number of esters is 1. The van der Waals surface area contributed by atoms with Crippen molar-refractivity contribution in [1.82, 2.24) is 0 Å². The summed E-state index contributed by atoms with van der Waals surface area (Å²) in [6.45, 7) is 8.59. The van der Waals surface area contributed by atoms with Gasteiger partial charge in [-0.1, -0.05) is 6.58 Å². The quantitative estimate of drug-likeness (QED) is 0.393. The van der Waals surface area contributed by atoms with Crippen LogP contribution in [0.4, 0.5) is 0 Å². The Labute approximate surface area is 49.1 Å². The fraction of sp³-hybridized carbons (Fsp3) is 0.333. The molecule has 0 aromatic carbocycles. The van der Waals surface area contributed by atoms with E-state index in [1.165, 1.54) is 0 Å². The molecular formula is C6H9O2. The number of rotatable bonds is 2. The SMILES string of the molecule is [CH2]C(=O)OCC(=C)C. The molecule has 0 aromatic rings. The van der Waals surface area contributed by atoms with Gasteiger partial charge < -0.3 is 4.74 Å². The molecule has 1 radical (unpaired) electrons. The molecule has 0 saturated heterocycles. The van der Waals surface area contributed by atoms with Crippen LogP contribution in [0.15, 0.2) is 12.2 Å². The highest BCUT2D eigenvalue weighted by molar-refractivity contribution is 5.73. The van der Waals surface area contributed by atoms with Gasteiger partial charge >= 0.3 is 5.97 Å². The predicted molar refractivity (Wildman–Crippen MR) is 31.1 cm³/mol. The van der Waals surface area contributed by atoms with E-state index in [0.29, 0.717) is 0 Å². The molecule has 45 valence electrons. The Hall–Kier alpha value is -0.790. The van der Waals surface area contributed by atoms with Gasteiger partial charge in [0.2, 0.25) is 0 Å². The monoisotopic (exact) mass is 113 g/mol. The van der Waals surface area contributed by atoms with Crippen molar-refractivity contribution in [3.63, 3.8) is 0 Å². The summed E-state index contributed by atoms with van der Waals surface area (Å²) in [5.74, 6) is -0.506. The molecule has 0 heterocycles. The van der Waals surface area contributed by atoms with Crippen LogP contribution in [0.1, 0.15) is 6.92 Å². The molecule has 0 aromatic heterocycles. The first kappa shape index (κ1) is 7.21. The number of carbonyl (C=O) groups is 1. The summed E-state index contributed by atoms with van der Waals surface area (Å²) < 4.78 is 4.45. The first-order chi connectivity index (χ1) is 3.63. The highest BCUT2D eigenvalue weighted by atomic mass is 16.5. The normalized spacial score (nSPS) is 8.25. The molecule has 0 aliphatic carbocycles. The lowest BCUT2D eigenvalue weighted by molar-refractivity contribution is -0.137. The van der Waals surface area contributed by atoms with E-state index >= 15 is 0 Å². The molecule has 8 heavy (non-hydrogen) atoms. The molecule has 0 saturated carbocycles. The smallest absolute Gasteiger partial charge is 0.306 e. The minimum absolute atomic E-state index is 0.280. The second-order valence-electron chi connectivity index (χ2n) is 1.62. The average molecular weight is 113 g/mol. The zero-order chi connectivity index (χ0) is 6.57. The number of ether oxygens (including phenoxy) is 1. The summed E-state index contributed by atoms with van der Waals surface area (Å²) in [6.07, 6.45) is 0. The van der Waals surface area contributed by atoms with Gasteiger partial charge in [-0.3, -0.25) is 4.79 Å². The minimum Gasteiger partial charge on any atom is -0.461 e. The van der Waals surface area contributed by atoms with Crippen molar-refractivity contribution in [2.45, 2.75) is 6.92 Å². The molecule has 0 N–H and O–H groups in total. The van der Waals surface area contributed by atoms with Gasteiger partial charge in [-0.05, 0) is 12.5 Å². The standard InChI is InChI=1S/C6H9O2/c1-5(2)4-8-6(3)7/h1,3-4H2,2H3. The van der Waals surface area contributed by atoms with E-state index < -0.39 is 5.97 Å². The summed E-state index contributed by atoms with van der Waals surface area (Å²) >= 11 is 0. The molecule has 0 bridgehead atoms. The molecule has 0 aliphatic rings. The van der Waals surface area contributed by atoms with Gasteiger partial charge in [-0.2, -0.15) is 0 Å². The van der Waals surface area contributed by atoms with Crippen molar-refractivity contribution in [3.05, 3.63) is 19.1 Å². The number of carbonyl (C=O) groups excluding carboxylic acids is 1. The summed E-state index contributed by atoms with van der Waals surface area (Å²) in [5.41, 5.74) is 0.821. The van der Waals surface area contributed by atoms with Crippen molar-refractivity contribution in [2.24, 2.45) is 0 Å². The second kappa shape index (κ2) is 3.24. The molecule has 2 nitrogen and oxygen atoms in total. The maximum absolute atomic E-state index is 9.97. The van der Waals surface area contributed by atoms with E-state index in [2.05, 4.69) is 18.2 Å². The van der Waals surface area contributed by atoms with Crippen LogP contribution in [0.2, 0.25) is 0 Å². The van der Waals surface area contributed by atoms with Gasteiger partial charge in [0.25, 0.3) is 0 Å². The molecule has 0 amide bonds. The van der Waals surface area contributed by atoms with E-state index in [0.717, 1.165) is 5.57 Å². The third kappa shape index (κ3) is 5.21. The van der Waals surface area contributed by atoms with Gasteiger partial charge in [0, 0.05) is 0 Å². The van der Waals surface area contributed by atoms with Gasteiger partial charge in [0.05, 0.1) is 6.92 Å². The second-order valence-corrected chi connectivity index (χ2v) is 1.62. The Morgan fingerprint density at radius 2 is 2.25 bits per heavy atom. The molecule has 0 unspecified atom stereocenters. The molecule has 0 spiro atoms. The van der Waals surface area contributed by atoms with Gasteiger partial charge in [0.1, 0.15) is 6.61 Å². The average Bonchev–Trinajstić information content (AvgIpc) is 1.61. The Balaban J connectivity index is 3.18. The fourth-order valence-electron chi connectivity index (χ4n) is 0.204. The first-order valence-corrected chi connectivity index (χ1v) is 2.26. The molecule has 0 aliphatic heterocycles. The van der Waals surface area contributed by atoms with Crippen LogP contribution in [0.5, 0.6) is 0 Å². The summed E-state index contributed by atoms with van der Waals surface area (Å²) in [5, 5.41) is 0. The van der Waals surface area contributed by atoms with Crippen LogP contribution in [-0.4, -0.2) is 12.6 Å². The van der Waals surface area contributed by atoms with Crippen molar-refractivity contribution in [2.75, 3.05) is 6.61 Å². The van der Waals surface area contributed by atoms with E-state index in [-0.39, 0.29) is 6.61 Å². The number of hydrogen-bond donors (Lipinski definition) is 0. The molecular weight excluding hydrogens is 104 g/mol. The Bertz CT molecular complexity index is 91.1. The molecule has 0 rings (SSSR count). The highest BCUT2D eigenvalue weighted by Gasteiger charge is 1.89. The summed E-state index contributed by atoms with van der Waals surface area (Å²) in [4.78, 5) is 9.97. The van der Waals surface area contributed by atoms with Gasteiger partial charge in [-0.15, -0.1) is 0 Å². The summed E-state index contributed by atoms with van der Waals surface area (Å²) in [7, 11) is 0. The van der Waals surface area contributed by atoms with E-state index in [4.69, 9.17) is 0 Å². The van der Waals surface area contributed by atoms with Gasteiger partial charge in [-0.25, -0.2) is 0 Å². The third-order valence-electron chi connectivity index (χ3n) is 0.480. The molecule has 0 atom stereocenters. The number of hydrogen-bond acceptors (Lipinski definition) is 2. The van der Waals surface area contributed by atoms with Crippen molar-refractivity contribution in [1.29, 1.82) is 0 Å². The Morgan fingerprint density at radius 1 is 1.75 bits per heavy atom. The maximum Gasteiger partial charge on any atom is 0.306 e. The minimum atomic E-state index is -0.506. The molecule has 0 fully saturated rings. The topological polar surface area (TPSA) is 26.3 Å². The zero-order valence-electron chi connectivity index (χ0n) is 4.94. The van der Waals surface area contributed by atoms with Crippen LogP contribution < -0.4 is 0 Å². The van der Waals surface area contributed by atoms with E-state index in [1.54, 1.807) is 6.92 Å². The highest BCUT2D eigenvalue weighted by Crippen LogP contribution is 1.86. The Kier molecular flexibility index (Phi) is 2.92. The van der Waals surface area contributed by atoms with Crippen LogP contribution in [0.3, 0.4) is 0 Å². The van der Waals surface area contributed by atoms with Crippen LogP contribution in [-0.2, 0) is 9.53 Å². The fourth-order valence-corrected chi connectivity index (χ4v) is 0.204. The van der Waals surface area contributed by atoms with E-state index in [1.807, 2.05) is 0 Å². The van der Waals surface area contributed by atoms with Crippen molar-refractivity contribution in [3.8, 4) is 0 Å². The summed E-state index contributed by atoms with van der Waals surface area (Å²) in [6, 6.07) is 0. The Morgan fingerprint density at radius 3 is 2.38 bits per heavy atom. The lowest BCUT2D eigenvalue weighted by Gasteiger charge is -1.97. The van der Waals surface area contributed by atoms with E-state index in [9.17, 15) is 4.79 Å². The van der Waals surface area contributed by atoms with Gasteiger partial charge in [0.15, 0.2) is 0 Å². The van der Waals surface area contributed by atoms with Crippen LogP contribution in [0, 0.1) is 6.92 Å². The largest absolute Gasteiger partial charge is 0.461 e. The first-order valence-electron chi connectivity index (χ1n) is 2.26. The van der Waals surface area contributed by atoms with Crippen LogP contribution in [0.25, 0.3) is 0 Å². The van der Waals surface area contributed by atoms with Crippen LogP contribution >= 0.6 is 0 Å². The van der Waals surface area contributed by atoms with Crippen molar-refractivity contribution >= 4 is 5.97 Å². The molecule has 2 heteroatoms. The lowest BCUT2D eigenvalue weighted by atomic mass is 10.4. The van der Waals surface area contributed by atoms with Crippen molar-refractivity contribution < 1.29 is 9.53 Å². The maximum atomic E-state index is 9.97.